The van der Waals surface area contributed by atoms with E-state index in [-0.39, 0.29) is 23.5 Å². The molecule has 0 aliphatic rings. The lowest BCUT2D eigenvalue weighted by Gasteiger charge is -2.16. The minimum atomic E-state index is -0.445. The van der Waals surface area contributed by atoms with Gasteiger partial charge in [-0.25, -0.2) is 9.61 Å². The number of rotatable bonds is 10. The summed E-state index contributed by atoms with van der Waals surface area (Å²) in [5.41, 5.74) is 9.01. The second kappa shape index (κ2) is 11.0. The van der Waals surface area contributed by atoms with E-state index in [1.54, 1.807) is 17.9 Å². The van der Waals surface area contributed by atoms with E-state index in [2.05, 4.69) is 64.8 Å². The van der Waals surface area contributed by atoms with Crippen LogP contribution in [0.5, 0.6) is 0 Å². The summed E-state index contributed by atoms with van der Waals surface area (Å²) in [6.45, 7) is 0.404. The largest absolute Gasteiger partial charge is 0.379 e. The average Bonchev–Trinajstić information content (AvgIpc) is 3.69. The van der Waals surface area contributed by atoms with E-state index in [0.717, 1.165) is 22.0 Å². The molecule has 5 rings (SSSR count). The molecular weight excluding hydrogens is 492 g/mol. The Balaban J connectivity index is 1.25. The minimum Gasteiger partial charge on any atom is -0.379 e. The van der Waals surface area contributed by atoms with Crippen molar-refractivity contribution in [2.45, 2.75) is 25.3 Å². The number of H-pyrrole nitrogens is 1. The summed E-state index contributed by atoms with van der Waals surface area (Å²) in [4.78, 5) is 37.4. The van der Waals surface area contributed by atoms with Gasteiger partial charge in [-0.1, -0.05) is 36.4 Å². The van der Waals surface area contributed by atoms with Crippen molar-refractivity contribution in [2.24, 2.45) is 0 Å². The number of thiazole rings is 1. The highest BCUT2D eigenvalue weighted by Gasteiger charge is 2.20. The smallest absolute Gasteiger partial charge is 0.277 e. The standard InChI is InChI=1S/C25H24N8O3S/c26-22-21(32-36-33-22)25(35)28-10-4-3-7-18(31-24(34)20-13-27-14-37-20)23-29-12-19(30-23)17-9-8-15-5-1-2-6-16(15)11-17/h1-2,5-6,8-9,11-14,18H,3-4,7,10H2,(H2,26,33)(H,28,35)(H,29,30)(H,31,34). The zero-order valence-corrected chi connectivity index (χ0v) is 20.5. The number of aromatic nitrogens is 5. The van der Waals surface area contributed by atoms with E-state index in [9.17, 15) is 9.59 Å². The van der Waals surface area contributed by atoms with Crippen LogP contribution >= 0.6 is 11.3 Å². The number of carbonyl (C=O) groups excluding carboxylic acids is 2. The van der Waals surface area contributed by atoms with Crippen molar-refractivity contribution in [3.8, 4) is 11.3 Å². The fraction of sp³-hybridized carbons (Fsp3) is 0.200. The molecule has 2 aromatic carbocycles. The first-order chi connectivity index (χ1) is 18.1. The first kappa shape index (κ1) is 24.1. The maximum atomic E-state index is 12.8. The molecule has 0 saturated heterocycles. The summed E-state index contributed by atoms with van der Waals surface area (Å²) < 4.78 is 4.46. The third kappa shape index (κ3) is 5.64. The molecule has 3 aromatic heterocycles. The Bertz CT molecular complexity index is 1510. The number of carbonyl (C=O) groups is 2. The quantitative estimate of drug-likeness (QED) is 0.204. The van der Waals surface area contributed by atoms with E-state index < -0.39 is 5.91 Å². The van der Waals surface area contributed by atoms with Crippen LogP contribution in [0.4, 0.5) is 5.82 Å². The summed E-state index contributed by atoms with van der Waals surface area (Å²) in [5, 5.41) is 15.0. The van der Waals surface area contributed by atoms with Crippen molar-refractivity contribution >= 4 is 39.7 Å². The highest BCUT2D eigenvalue weighted by Crippen LogP contribution is 2.26. The first-order valence-electron chi connectivity index (χ1n) is 11.7. The van der Waals surface area contributed by atoms with Crippen LogP contribution in [0.1, 0.15) is 51.3 Å². The molecule has 2 amide bonds. The minimum absolute atomic E-state index is 0.0356. The number of hydrogen-bond acceptors (Lipinski definition) is 9. The summed E-state index contributed by atoms with van der Waals surface area (Å²) in [5.74, 6) is -0.0480. The summed E-state index contributed by atoms with van der Waals surface area (Å²) in [6.07, 6.45) is 5.31. The number of fused-ring (bicyclic) bond motifs is 1. The van der Waals surface area contributed by atoms with Crippen LogP contribution < -0.4 is 16.4 Å². The maximum Gasteiger partial charge on any atom is 0.277 e. The molecule has 188 valence electrons. The van der Waals surface area contributed by atoms with Crippen molar-refractivity contribution in [3.63, 3.8) is 0 Å². The lowest BCUT2D eigenvalue weighted by molar-refractivity contribution is 0.0934. The van der Waals surface area contributed by atoms with Crippen LogP contribution in [0.15, 0.2) is 65.0 Å². The Labute approximate surface area is 215 Å². The van der Waals surface area contributed by atoms with E-state index in [1.807, 2.05) is 18.2 Å². The van der Waals surface area contributed by atoms with Gasteiger partial charge in [-0.05, 0) is 46.4 Å². The van der Waals surface area contributed by atoms with Gasteiger partial charge in [0.2, 0.25) is 11.5 Å². The predicted molar refractivity (Wildman–Crippen MR) is 139 cm³/mol. The van der Waals surface area contributed by atoms with Crippen LogP contribution in [-0.4, -0.2) is 43.6 Å². The second-order valence-electron chi connectivity index (χ2n) is 8.39. The Morgan fingerprint density at radius 1 is 1.05 bits per heavy atom. The number of amides is 2. The molecule has 1 atom stereocenters. The van der Waals surface area contributed by atoms with E-state index in [0.29, 0.717) is 36.5 Å². The Morgan fingerprint density at radius 2 is 1.92 bits per heavy atom. The summed E-state index contributed by atoms with van der Waals surface area (Å²) >= 11 is 1.28. The van der Waals surface area contributed by atoms with Crippen LogP contribution in [0.3, 0.4) is 0 Å². The van der Waals surface area contributed by atoms with E-state index in [4.69, 9.17) is 5.73 Å². The number of nitrogens with zero attached hydrogens (tertiary/aromatic N) is 4. The highest BCUT2D eigenvalue weighted by atomic mass is 32.1. The van der Waals surface area contributed by atoms with Crippen LogP contribution in [0.2, 0.25) is 0 Å². The van der Waals surface area contributed by atoms with Gasteiger partial charge in [-0.3, -0.25) is 14.6 Å². The number of imidazole rings is 1. The molecule has 3 heterocycles. The van der Waals surface area contributed by atoms with Crippen LogP contribution in [0, 0.1) is 0 Å². The van der Waals surface area contributed by atoms with Gasteiger partial charge in [0.05, 0.1) is 29.6 Å². The van der Waals surface area contributed by atoms with Crippen molar-refractivity contribution < 1.29 is 14.2 Å². The van der Waals surface area contributed by atoms with Gasteiger partial charge in [0.15, 0.2) is 0 Å². The lowest BCUT2D eigenvalue weighted by Crippen LogP contribution is -2.29. The molecular formula is C25H24N8O3S. The van der Waals surface area contributed by atoms with Gasteiger partial charge >= 0.3 is 0 Å². The molecule has 0 aliphatic carbocycles. The molecule has 5 N–H and O–H groups in total. The number of unbranched alkanes of at least 4 members (excludes halogenated alkanes) is 1. The fourth-order valence-electron chi connectivity index (χ4n) is 3.96. The van der Waals surface area contributed by atoms with Gasteiger partial charge in [-0.2, -0.15) is 0 Å². The molecule has 0 spiro atoms. The second-order valence-corrected chi connectivity index (χ2v) is 9.27. The maximum absolute atomic E-state index is 12.8. The van der Waals surface area contributed by atoms with Gasteiger partial charge in [-0.15, -0.1) is 11.3 Å². The number of nitrogens with two attached hydrogens (primary N) is 1. The van der Waals surface area contributed by atoms with E-state index >= 15 is 0 Å². The third-order valence-electron chi connectivity index (χ3n) is 5.88. The molecule has 0 aliphatic heterocycles. The highest BCUT2D eigenvalue weighted by molar-refractivity contribution is 7.11. The number of hydrogen-bond donors (Lipinski definition) is 4. The molecule has 11 nitrogen and oxygen atoms in total. The summed E-state index contributed by atoms with van der Waals surface area (Å²) in [6, 6.07) is 14.0. The Kier molecular flexibility index (Phi) is 7.17. The lowest BCUT2D eigenvalue weighted by atomic mass is 10.1. The number of aromatic amines is 1. The Hall–Kier alpha value is -4.58. The zero-order valence-electron chi connectivity index (χ0n) is 19.7. The molecule has 0 saturated carbocycles. The molecule has 12 heteroatoms. The monoisotopic (exact) mass is 516 g/mol. The zero-order chi connectivity index (χ0) is 25.6. The average molecular weight is 517 g/mol. The number of anilines is 1. The topological polar surface area (TPSA) is 165 Å². The Morgan fingerprint density at radius 3 is 2.70 bits per heavy atom. The normalized spacial score (nSPS) is 11.9. The third-order valence-corrected chi connectivity index (χ3v) is 6.65. The molecule has 37 heavy (non-hydrogen) atoms. The summed E-state index contributed by atoms with van der Waals surface area (Å²) in [7, 11) is 0. The van der Waals surface area contributed by atoms with Crippen molar-refractivity contribution in [1.29, 1.82) is 0 Å². The fourth-order valence-corrected chi connectivity index (χ4v) is 4.49. The van der Waals surface area contributed by atoms with Crippen molar-refractivity contribution in [1.82, 2.24) is 35.9 Å². The van der Waals surface area contributed by atoms with Gasteiger partial charge in [0.25, 0.3) is 11.8 Å². The number of nitrogens with one attached hydrogen (secondary N) is 3. The number of nitrogen functional groups attached to an aromatic ring is 1. The molecule has 5 aromatic rings. The van der Waals surface area contributed by atoms with Gasteiger partial charge in [0, 0.05) is 12.1 Å². The van der Waals surface area contributed by atoms with Crippen molar-refractivity contribution in [2.75, 3.05) is 12.3 Å². The van der Waals surface area contributed by atoms with Gasteiger partial charge < -0.3 is 21.4 Å². The molecule has 1 unspecified atom stereocenters. The predicted octanol–water partition coefficient (Wildman–Crippen LogP) is 3.72. The van der Waals surface area contributed by atoms with Crippen molar-refractivity contribution in [3.05, 3.63) is 76.8 Å². The first-order valence-corrected chi connectivity index (χ1v) is 12.6. The van der Waals surface area contributed by atoms with E-state index in [1.165, 1.54) is 11.3 Å². The molecule has 0 bridgehead atoms. The van der Waals surface area contributed by atoms with Crippen LogP contribution in [-0.2, 0) is 0 Å². The SMILES string of the molecule is Nc1nonc1C(=O)NCCCCC(NC(=O)c1cncs1)c1ncc(-c2ccc3ccccc3c2)[nH]1. The van der Waals surface area contributed by atoms with Crippen LogP contribution in [0.25, 0.3) is 22.0 Å². The number of benzene rings is 2. The molecule has 0 radical (unpaired) electrons. The molecule has 0 fully saturated rings. The van der Waals surface area contributed by atoms with Gasteiger partial charge in [0.1, 0.15) is 10.7 Å².